The van der Waals surface area contributed by atoms with Gasteiger partial charge in [0.15, 0.2) is 0 Å². The fraction of sp³-hybridized carbons (Fsp3) is 0.719. The molecule has 0 radical (unpaired) electrons. The van der Waals surface area contributed by atoms with Gasteiger partial charge in [0.05, 0.1) is 5.92 Å². The highest BCUT2D eigenvalue weighted by atomic mass is 19.1. The summed E-state index contributed by atoms with van der Waals surface area (Å²) in [6.07, 6.45) is 5.00. The van der Waals surface area contributed by atoms with Gasteiger partial charge in [-0.05, 0) is 75.8 Å². The first-order chi connectivity index (χ1) is 19.1. The molecule has 7 nitrogen and oxygen atoms in total. The Morgan fingerprint density at radius 3 is 2.17 bits per heavy atom. The number of hydrogen-bond acceptors (Lipinski definition) is 4. The SMILES string of the molecule is CC(=O)N[C@@H](CC1CCC(C)(C)CC1)C(=O)N1CCN(C(=O)[C@@H]2CN(C(C)(C)C)C[C@H]2c2ccc(F)cc2F)CC1. The van der Waals surface area contributed by atoms with Crippen LogP contribution in [0.3, 0.4) is 0 Å². The second-order valence-corrected chi connectivity index (χ2v) is 14.2. The van der Waals surface area contributed by atoms with E-state index in [0.717, 1.165) is 31.7 Å². The molecule has 41 heavy (non-hydrogen) atoms. The first-order valence-electron chi connectivity index (χ1n) is 15.2. The number of piperazine rings is 1. The van der Waals surface area contributed by atoms with Crippen LogP contribution in [0.5, 0.6) is 0 Å². The van der Waals surface area contributed by atoms with Gasteiger partial charge in [0.2, 0.25) is 17.7 Å². The lowest BCUT2D eigenvalue weighted by Gasteiger charge is -2.39. The van der Waals surface area contributed by atoms with E-state index >= 15 is 0 Å². The second-order valence-electron chi connectivity index (χ2n) is 14.2. The van der Waals surface area contributed by atoms with Crippen molar-refractivity contribution in [3.05, 3.63) is 35.4 Å². The minimum atomic E-state index is -0.634. The molecule has 2 heterocycles. The summed E-state index contributed by atoms with van der Waals surface area (Å²) in [5, 5.41) is 2.90. The van der Waals surface area contributed by atoms with Crippen LogP contribution in [0.15, 0.2) is 18.2 Å². The second kappa shape index (κ2) is 12.4. The van der Waals surface area contributed by atoms with Gasteiger partial charge < -0.3 is 15.1 Å². The quantitative estimate of drug-likeness (QED) is 0.541. The molecule has 2 saturated heterocycles. The Balaban J connectivity index is 1.41. The maximum absolute atomic E-state index is 14.9. The van der Waals surface area contributed by atoms with E-state index in [1.807, 2.05) is 0 Å². The van der Waals surface area contributed by atoms with Crippen molar-refractivity contribution in [1.82, 2.24) is 20.0 Å². The van der Waals surface area contributed by atoms with Gasteiger partial charge in [-0.3, -0.25) is 19.3 Å². The van der Waals surface area contributed by atoms with Crippen molar-refractivity contribution in [2.45, 2.75) is 91.1 Å². The zero-order valence-electron chi connectivity index (χ0n) is 25.6. The van der Waals surface area contributed by atoms with Gasteiger partial charge in [-0.15, -0.1) is 0 Å². The van der Waals surface area contributed by atoms with Crippen LogP contribution < -0.4 is 5.32 Å². The predicted octanol–water partition coefficient (Wildman–Crippen LogP) is 4.56. The highest BCUT2D eigenvalue weighted by Gasteiger charge is 2.45. The largest absolute Gasteiger partial charge is 0.345 e. The van der Waals surface area contributed by atoms with E-state index in [1.54, 1.807) is 9.80 Å². The van der Waals surface area contributed by atoms with E-state index in [-0.39, 0.29) is 29.2 Å². The number of rotatable bonds is 6. The van der Waals surface area contributed by atoms with Crippen molar-refractivity contribution in [3.63, 3.8) is 0 Å². The summed E-state index contributed by atoms with van der Waals surface area (Å²) in [6.45, 7) is 14.8. The number of benzene rings is 1. The van der Waals surface area contributed by atoms with E-state index in [4.69, 9.17) is 0 Å². The molecule has 4 rings (SSSR count). The Morgan fingerprint density at radius 1 is 1.00 bits per heavy atom. The fourth-order valence-corrected chi connectivity index (χ4v) is 6.82. The van der Waals surface area contributed by atoms with Crippen LogP contribution in [0.4, 0.5) is 8.78 Å². The molecule has 2 aliphatic heterocycles. The van der Waals surface area contributed by atoms with Crippen molar-refractivity contribution in [2.24, 2.45) is 17.3 Å². The Labute approximate surface area is 244 Å². The molecule has 1 N–H and O–H groups in total. The lowest BCUT2D eigenvalue weighted by atomic mass is 9.71. The van der Waals surface area contributed by atoms with Gasteiger partial charge >= 0.3 is 0 Å². The first-order valence-corrected chi connectivity index (χ1v) is 15.2. The molecule has 9 heteroatoms. The zero-order chi connectivity index (χ0) is 30.1. The van der Waals surface area contributed by atoms with Gasteiger partial charge in [0, 0.05) is 63.7 Å². The summed E-state index contributed by atoms with van der Waals surface area (Å²) in [7, 11) is 0. The third-order valence-electron chi connectivity index (χ3n) is 9.55. The van der Waals surface area contributed by atoms with Crippen molar-refractivity contribution in [1.29, 1.82) is 0 Å². The average Bonchev–Trinajstić information content (AvgIpc) is 3.34. The summed E-state index contributed by atoms with van der Waals surface area (Å²) < 4.78 is 28.5. The summed E-state index contributed by atoms with van der Waals surface area (Å²) in [5.41, 5.74) is 0.494. The van der Waals surface area contributed by atoms with Gasteiger partial charge in [0.1, 0.15) is 17.7 Å². The molecular formula is C32H48F2N4O3. The Morgan fingerprint density at radius 2 is 1.61 bits per heavy atom. The van der Waals surface area contributed by atoms with Crippen LogP contribution in [0.1, 0.15) is 85.1 Å². The van der Waals surface area contributed by atoms with Gasteiger partial charge in [-0.1, -0.05) is 19.9 Å². The molecule has 0 aromatic heterocycles. The topological polar surface area (TPSA) is 73.0 Å². The highest BCUT2D eigenvalue weighted by molar-refractivity contribution is 5.87. The van der Waals surface area contributed by atoms with E-state index in [9.17, 15) is 23.2 Å². The number of amides is 3. The maximum Gasteiger partial charge on any atom is 0.245 e. The molecule has 0 unspecified atom stereocenters. The number of halogens is 2. The molecule has 1 aromatic rings. The van der Waals surface area contributed by atoms with Crippen LogP contribution in [0.2, 0.25) is 0 Å². The van der Waals surface area contributed by atoms with Crippen LogP contribution >= 0.6 is 0 Å². The van der Waals surface area contributed by atoms with E-state index < -0.39 is 23.6 Å². The number of nitrogens with one attached hydrogen (secondary N) is 1. The number of hydrogen-bond donors (Lipinski definition) is 1. The maximum atomic E-state index is 14.9. The van der Waals surface area contributed by atoms with E-state index in [2.05, 4.69) is 44.8 Å². The summed E-state index contributed by atoms with van der Waals surface area (Å²) in [4.78, 5) is 45.1. The molecule has 3 atom stereocenters. The van der Waals surface area contributed by atoms with Crippen molar-refractivity contribution in [3.8, 4) is 0 Å². The van der Waals surface area contributed by atoms with Gasteiger partial charge in [-0.2, -0.15) is 0 Å². The number of carbonyl (C=O) groups excluding carboxylic acids is 3. The molecule has 3 amide bonds. The minimum absolute atomic E-state index is 0.0548. The average molecular weight is 575 g/mol. The molecule has 0 bridgehead atoms. The normalized spacial score (nSPS) is 24.8. The predicted molar refractivity (Wildman–Crippen MR) is 155 cm³/mol. The number of carbonyl (C=O) groups is 3. The van der Waals surface area contributed by atoms with Crippen LogP contribution in [-0.2, 0) is 14.4 Å². The molecule has 1 aliphatic carbocycles. The zero-order valence-corrected chi connectivity index (χ0v) is 25.6. The molecule has 1 aromatic carbocycles. The molecular weight excluding hydrogens is 526 g/mol. The minimum Gasteiger partial charge on any atom is -0.345 e. The molecule has 228 valence electrons. The molecule has 0 spiro atoms. The van der Waals surface area contributed by atoms with Gasteiger partial charge in [-0.25, -0.2) is 8.78 Å². The molecule has 3 aliphatic rings. The van der Waals surface area contributed by atoms with Crippen LogP contribution in [0.25, 0.3) is 0 Å². The van der Waals surface area contributed by atoms with Crippen molar-refractivity contribution >= 4 is 17.7 Å². The molecule has 1 saturated carbocycles. The first kappa shape index (κ1) is 31.4. The third-order valence-corrected chi connectivity index (χ3v) is 9.55. The fourth-order valence-electron chi connectivity index (χ4n) is 6.82. The monoisotopic (exact) mass is 574 g/mol. The summed E-state index contributed by atoms with van der Waals surface area (Å²) in [6, 6.07) is 3.06. The lowest BCUT2D eigenvalue weighted by Crippen LogP contribution is -2.57. The van der Waals surface area contributed by atoms with E-state index in [1.165, 1.54) is 19.1 Å². The Hall–Kier alpha value is -2.55. The number of likely N-dealkylation sites (tertiary alicyclic amines) is 1. The Bertz CT molecular complexity index is 1120. The standard InChI is InChI=1S/C32H48F2N4O3/c1-21(39)35-28(17-22-9-11-32(5,6)12-10-22)30(41)37-15-13-36(14-16-37)29(40)26-20-38(31(2,3)4)19-25(26)24-8-7-23(33)18-27(24)34/h7-8,18,22,25-26,28H,9-17,19-20H2,1-6H3,(H,35,39)/t25-,26+,28-/m0/s1. The van der Waals surface area contributed by atoms with Crippen LogP contribution in [0, 0.1) is 28.9 Å². The summed E-state index contributed by atoms with van der Waals surface area (Å²) >= 11 is 0. The lowest BCUT2D eigenvalue weighted by molar-refractivity contribution is -0.144. The van der Waals surface area contributed by atoms with E-state index in [0.29, 0.717) is 62.6 Å². The highest BCUT2D eigenvalue weighted by Crippen LogP contribution is 2.40. The van der Waals surface area contributed by atoms with Crippen molar-refractivity contribution < 1.29 is 23.2 Å². The van der Waals surface area contributed by atoms with Crippen molar-refractivity contribution in [2.75, 3.05) is 39.3 Å². The molecule has 3 fully saturated rings. The number of nitrogens with zero attached hydrogens (tertiary/aromatic N) is 3. The summed E-state index contributed by atoms with van der Waals surface area (Å²) in [5.74, 6) is -2.04. The smallest absolute Gasteiger partial charge is 0.245 e. The third kappa shape index (κ3) is 7.65. The van der Waals surface area contributed by atoms with Crippen LogP contribution in [-0.4, -0.2) is 83.3 Å². The van der Waals surface area contributed by atoms with Gasteiger partial charge in [0.25, 0.3) is 0 Å². The Kier molecular flexibility index (Phi) is 9.46.